The molecule has 0 saturated heterocycles. The molecule has 0 saturated carbocycles. The van der Waals surface area contributed by atoms with Crippen molar-refractivity contribution in [2.45, 2.75) is 18.6 Å². The van der Waals surface area contributed by atoms with Gasteiger partial charge in [0.1, 0.15) is 11.4 Å². The SMILES string of the molecule is O=C1c2oc3ccccc3c(=O)c2C2(C(=O)N(Cc3ccccc3F)c3ccccc32)N1Cc1ccccc1. The second-order valence-corrected chi connectivity index (χ2v) is 9.72. The van der Waals surface area contributed by atoms with E-state index < -0.39 is 28.6 Å². The fourth-order valence-corrected chi connectivity index (χ4v) is 5.88. The van der Waals surface area contributed by atoms with Crippen molar-refractivity contribution in [1.29, 1.82) is 0 Å². The Kier molecular flexibility index (Phi) is 5.03. The molecule has 1 atom stereocenters. The van der Waals surface area contributed by atoms with E-state index in [-0.39, 0.29) is 35.4 Å². The van der Waals surface area contributed by atoms with Gasteiger partial charge in [0.2, 0.25) is 5.76 Å². The number of para-hydroxylation sites is 2. The maximum atomic E-state index is 14.8. The quantitative estimate of drug-likeness (QED) is 0.322. The molecular formula is C32H21FN2O4. The summed E-state index contributed by atoms with van der Waals surface area (Å²) in [4.78, 5) is 45.8. The van der Waals surface area contributed by atoms with Crippen molar-refractivity contribution < 1.29 is 18.4 Å². The van der Waals surface area contributed by atoms with Crippen LogP contribution in [0.15, 0.2) is 112 Å². The number of benzene rings is 4. The van der Waals surface area contributed by atoms with Crippen LogP contribution in [0.4, 0.5) is 10.1 Å². The van der Waals surface area contributed by atoms with Gasteiger partial charge in [-0.1, -0.05) is 78.9 Å². The van der Waals surface area contributed by atoms with Gasteiger partial charge in [-0.05, 0) is 29.8 Å². The Balaban J connectivity index is 1.52. The van der Waals surface area contributed by atoms with Crippen molar-refractivity contribution >= 4 is 28.5 Å². The van der Waals surface area contributed by atoms with Gasteiger partial charge in [0.15, 0.2) is 11.0 Å². The number of anilines is 1. The van der Waals surface area contributed by atoms with Crippen LogP contribution >= 0.6 is 0 Å². The van der Waals surface area contributed by atoms with E-state index in [0.29, 0.717) is 16.8 Å². The first-order chi connectivity index (χ1) is 19.0. The molecule has 0 N–H and O–H groups in total. The molecule has 2 aliphatic heterocycles. The van der Waals surface area contributed by atoms with E-state index in [4.69, 9.17) is 4.42 Å². The summed E-state index contributed by atoms with van der Waals surface area (Å²) in [6.45, 7) is -0.000837. The van der Waals surface area contributed by atoms with Gasteiger partial charge in [-0.15, -0.1) is 0 Å². The second kappa shape index (κ2) is 8.49. The molecule has 3 heterocycles. The lowest BCUT2D eigenvalue weighted by Gasteiger charge is -2.34. The molecule has 7 rings (SSSR count). The van der Waals surface area contributed by atoms with Crippen LogP contribution in [-0.4, -0.2) is 16.7 Å². The molecule has 6 nitrogen and oxygen atoms in total. The summed E-state index contributed by atoms with van der Waals surface area (Å²) in [6, 6.07) is 29.3. The lowest BCUT2D eigenvalue weighted by Crippen LogP contribution is -2.53. The van der Waals surface area contributed by atoms with Crippen molar-refractivity contribution in [3.05, 3.63) is 147 Å². The summed E-state index contributed by atoms with van der Waals surface area (Å²) in [6.07, 6.45) is 0. The molecule has 4 aromatic carbocycles. The fourth-order valence-electron chi connectivity index (χ4n) is 5.88. The largest absolute Gasteiger partial charge is 0.450 e. The molecule has 2 aliphatic rings. The zero-order valence-electron chi connectivity index (χ0n) is 20.6. The minimum absolute atomic E-state index is 0.00406. The molecule has 2 amide bonds. The van der Waals surface area contributed by atoms with Gasteiger partial charge in [0, 0.05) is 17.7 Å². The fraction of sp³-hybridized carbons (Fsp3) is 0.0938. The predicted molar refractivity (Wildman–Crippen MR) is 144 cm³/mol. The smallest absolute Gasteiger partial charge is 0.291 e. The Morgan fingerprint density at radius 2 is 1.44 bits per heavy atom. The standard InChI is InChI=1S/C32H21FN2O4/c33-24-15-7-4-12-21(24)19-34-25-16-8-6-14-23(25)32(31(34)38)27-28(36)22-13-5-9-17-26(22)39-29(27)30(37)35(32)18-20-10-2-1-3-11-20/h1-17H,18-19H2. The van der Waals surface area contributed by atoms with Crippen LogP contribution in [0, 0.1) is 5.82 Å². The summed E-state index contributed by atoms with van der Waals surface area (Å²) in [5.74, 6) is -1.64. The average molecular weight is 517 g/mol. The number of fused-ring (bicyclic) bond motifs is 5. The average Bonchev–Trinajstić information content (AvgIpc) is 3.35. The highest BCUT2D eigenvalue weighted by atomic mass is 19.1. The number of carbonyl (C=O) groups is 2. The van der Waals surface area contributed by atoms with Crippen LogP contribution in [0.5, 0.6) is 0 Å². The highest BCUT2D eigenvalue weighted by Crippen LogP contribution is 2.53. The first-order valence-corrected chi connectivity index (χ1v) is 12.6. The lowest BCUT2D eigenvalue weighted by molar-refractivity contribution is -0.126. The van der Waals surface area contributed by atoms with E-state index in [1.807, 2.05) is 30.3 Å². The van der Waals surface area contributed by atoms with Gasteiger partial charge in [0.25, 0.3) is 11.8 Å². The number of hydrogen-bond acceptors (Lipinski definition) is 4. The Labute approximate surface area is 222 Å². The molecule has 0 fully saturated rings. The van der Waals surface area contributed by atoms with Gasteiger partial charge in [0.05, 0.1) is 23.2 Å². The van der Waals surface area contributed by atoms with Crippen molar-refractivity contribution in [3.63, 3.8) is 0 Å². The third kappa shape index (κ3) is 3.16. The van der Waals surface area contributed by atoms with Gasteiger partial charge in [-0.2, -0.15) is 0 Å². The van der Waals surface area contributed by atoms with E-state index in [0.717, 1.165) is 5.56 Å². The molecule has 5 aromatic rings. The molecule has 39 heavy (non-hydrogen) atoms. The third-order valence-corrected chi connectivity index (χ3v) is 7.61. The summed E-state index contributed by atoms with van der Waals surface area (Å²) in [5, 5.41) is 0.280. The highest BCUT2D eigenvalue weighted by Gasteiger charge is 2.65. The first-order valence-electron chi connectivity index (χ1n) is 12.6. The van der Waals surface area contributed by atoms with Crippen LogP contribution in [0.2, 0.25) is 0 Å². The van der Waals surface area contributed by atoms with Crippen molar-refractivity contribution in [3.8, 4) is 0 Å². The minimum Gasteiger partial charge on any atom is -0.450 e. The maximum Gasteiger partial charge on any atom is 0.291 e. The van der Waals surface area contributed by atoms with Crippen LogP contribution in [0.3, 0.4) is 0 Å². The Bertz CT molecular complexity index is 1870. The van der Waals surface area contributed by atoms with Gasteiger partial charge < -0.3 is 14.2 Å². The number of amides is 2. The van der Waals surface area contributed by atoms with E-state index in [2.05, 4.69) is 0 Å². The normalized spacial score (nSPS) is 17.8. The third-order valence-electron chi connectivity index (χ3n) is 7.61. The van der Waals surface area contributed by atoms with Crippen LogP contribution in [-0.2, 0) is 23.4 Å². The summed E-state index contributed by atoms with van der Waals surface area (Å²) >= 11 is 0. The molecule has 1 unspecified atom stereocenters. The predicted octanol–water partition coefficient (Wildman–Crippen LogP) is 5.38. The van der Waals surface area contributed by atoms with Gasteiger partial charge >= 0.3 is 0 Å². The number of carbonyl (C=O) groups excluding carboxylic acids is 2. The molecule has 0 aliphatic carbocycles. The number of rotatable bonds is 4. The van der Waals surface area contributed by atoms with E-state index in [1.165, 1.54) is 15.9 Å². The number of hydrogen-bond donors (Lipinski definition) is 0. The zero-order valence-corrected chi connectivity index (χ0v) is 20.6. The first kappa shape index (κ1) is 23.1. The Morgan fingerprint density at radius 3 is 2.26 bits per heavy atom. The summed E-state index contributed by atoms with van der Waals surface area (Å²) < 4.78 is 20.8. The van der Waals surface area contributed by atoms with Gasteiger partial charge in [-0.25, -0.2) is 4.39 Å². The van der Waals surface area contributed by atoms with Crippen molar-refractivity contribution in [2.75, 3.05) is 4.90 Å². The summed E-state index contributed by atoms with van der Waals surface area (Å²) in [5.41, 5.74) is 0.161. The molecule has 190 valence electrons. The molecule has 7 heteroatoms. The van der Waals surface area contributed by atoms with Crippen molar-refractivity contribution in [1.82, 2.24) is 4.90 Å². The molecule has 1 aromatic heterocycles. The topological polar surface area (TPSA) is 70.8 Å². The monoisotopic (exact) mass is 516 g/mol. The van der Waals surface area contributed by atoms with Crippen LogP contribution in [0.25, 0.3) is 11.0 Å². The second-order valence-electron chi connectivity index (χ2n) is 9.72. The maximum absolute atomic E-state index is 14.8. The number of nitrogens with zero attached hydrogens (tertiary/aromatic N) is 2. The van der Waals surface area contributed by atoms with Crippen molar-refractivity contribution in [2.24, 2.45) is 0 Å². The van der Waals surface area contributed by atoms with Crippen LogP contribution < -0.4 is 10.3 Å². The zero-order chi connectivity index (χ0) is 26.7. The van der Waals surface area contributed by atoms with E-state index in [9.17, 15) is 18.8 Å². The minimum atomic E-state index is -1.77. The highest BCUT2D eigenvalue weighted by molar-refractivity contribution is 6.17. The summed E-state index contributed by atoms with van der Waals surface area (Å²) in [7, 11) is 0. The Morgan fingerprint density at radius 1 is 0.744 bits per heavy atom. The molecular weight excluding hydrogens is 495 g/mol. The van der Waals surface area contributed by atoms with Crippen LogP contribution in [0.1, 0.15) is 32.8 Å². The lowest BCUT2D eigenvalue weighted by atomic mass is 9.83. The van der Waals surface area contributed by atoms with Gasteiger partial charge in [-0.3, -0.25) is 14.4 Å². The molecule has 0 bridgehead atoms. The van der Waals surface area contributed by atoms with E-state index in [1.54, 1.807) is 66.7 Å². The molecule has 1 spiro atoms. The Hall–Kier alpha value is -5.04. The number of halogens is 1. The van der Waals surface area contributed by atoms with E-state index >= 15 is 0 Å². The molecule has 0 radical (unpaired) electrons.